The fraction of sp³-hybridized carbons (Fsp3) is 0.630. The largest absolute Gasteiger partial charge is 0.461 e. The second-order valence-electron chi connectivity index (χ2n) is 18.9. The summed E-state index contributed by atoms with van der Waals surface area (Å²) in [5.41, 5.74) is 16.5. The Bertz CT molecular complexity index is 2000. The van der Waals surface area contributed by atoms with Crippen molar-refractivity contribution in [3.05, 3.63) is 53.6 Å². The maximum atomic E-state index is 13.8. The smallest absolute Gasteiger partial charge is 0.405 e. The maximum Gasteiger partial charge on any atom is 0.461 e. The summed E-state index contributed by atoms with van der Waals surface area (Å²) in [4.78, 5) is 68.1. The number of aliphatic hydroxyl groups is 1. The van der Waals surface area contributed by atoms with Gasteiger partial charge in [0.05, 0.1) is 29.4 Å². The molecule has 1 saturated heterocycles. The van der Waals surface area contributed by atoms with Crippen molar-refractivity contribution in [2.75, 3.05) is 18.8 Å². The van der Waals surface area contributed by atoms with E-state index in [0.717, 1.165) is 18.9 Å². The lowest BCUT2D eigenvalue weighted by Gasteiger charge is -2.64. The highest BCUT2D eigenvalue weighted by Gasteiger charge is 2.68. The number of alkyl halides is 3. The SMILES string of the molecule is C[C@H](CC(=O)[C@H](CCCCN)NC(=O)[C@H](C)CC(=O)[C@@H](NC(=O)[C@H](CCN)CC(=O)c1ccc(-c2ccccc2C(F)(F)F)cc1N)[C@@H](C)O)B1OC2C[C@@H]3C[C@@H](C3(C)C)[C@]2(C)O1. The van der Waals surface area contributed by atoms with Crippen molar-refractivity contribution in [2.45, 2.75) is 141 Å². The first-order valence-electron chi connectivity index (χ1n) is 22.2. The van der Waals surface area contributed by atoms with E-state index in [0.29, 0.717) is 37.6 Å². The van der Waals surface area contributed by atoms with Crippen LogP contribution in [0.5, 0.6) is 0 Å². The van der Waals surface area contributed by atoms with Gasteiger partial charge >= 0.3 is 13.3 Å². The molecule has 3 saturated carbocycles. The van der Waals surface area contributed by atoms with Crippen LogP contribution in [0, 0.1) is 29.1 Å². The summed E-state index contributed by atoms with van der Waals surface area (Å²) in [5, 5.41) is 16.0. The molecule has 1 aliphatic heterocycles. The average Bonchev–Trinajstić information content (AvgIpc) is 3.59. The fourth-order valence-corrected chi connectivity index (χ4v) is 9.91. The van der Waals surface area contributed by atoms with Crippen molar-refractivity contribution < 1.29 is 51.6 Å². The lowest BCUT2D eigenvalue weighted by atomic mass is 9.43. The molecule has 3 aliphatic carbocycles. The number of amides is 2. The molecular formula is C46H65BF3N5O8. The van der Waals surface area contributed by atoms with E-state index in [4.69, 9.17) is 26.5 Å². The summed E-state index contributed by atoms with van der Waals surface area (Å²) in [5.74, 6) is -4.07. The number of nitrogens with one attached hydrogen (secondary N) is 2. The van der Waals surface area contributed by atoms with Crippen molar-refractivity contribution in [1.82, 2.24) is 10.6 Å². The molecule has 10 atom stereocenters. The van der Waals surface area contributed by atoms with E-state index in [1.165, 1.54) is 50.2 Å². The maximum absolute atomic E-state index is 13.8. The van der Waals surface area contributed by atoms with Gasteiger partial charge in [-0.1, -0.05) is 52.0 Å². The monoisotopic (exact) mass is 883 g/mol. The number of ketones is 3. The van der Waals surface area contributed by atoms with E-state index in [9.17, 15) is 42.3 Å². The highest BCUT2D eigenvalue weighted by atomic mass is 19.4. The highest BCUT2D eigenvalue weighted by Crippen LogP contribution is 2.66. The molecule has 17 heteroatoms. The zero-order valence-electron chi connectivity index (χ0n) is 37.3. The number of nitrogen functional groups attached to an aromatic ring is 1. The van der Waals surface area contributed by atoms with Gasteiger partial charge in [0.1, 0.15) is 6.04 Å². The molecule has 4 fully saturated rings. The number of benzene rings is 2. The number of hydrogen-bond donors (Lipinski definition) is 6. The van der Waals surface area contributed by atoms with Crippen molar-refractivity contribution in [1.29, 1.82) is 0 Å². The predicted molar refractivity (Wildman–Crippen MR) is 234 cm³/mol. The number of halogens is 3. The Morgan fingerprint density at radius 1 is 0.889 bits per heavy atom. The Kier molecular flexibility index (Phi) is 16.1. The average molecular weight is 884 g/mol. The molecule has 63 heavy (non-hydrogen) atoms. The van der Waals surface area contributed by atoms with Gasteiger partial charge in [0.15, 0.2) is 17.3 Å². The number of anilines is 1. The number of unbranched alkanes of at least 4 members (excludes halogenated alkanes) is 1. The molecule has 0 radical (unpaired) electrons. The molecule has 4 aliphatic rings. The number of carbonyl (C=O) groups excluding carboxylic acids is 5. The number of Topliss-reactive ketones (excluding diaryl/α,β-unsaturated/α-hetero) is 3. The first-order chi connectivity index (χ1) is 29.5. The van der Waals surface area contributed by atoms with Gasteiger partial charge in [0.2, 0.25) is 11.8 Å². The minimum atomic E-state index is -4.62. The molecule has 1 unspecified atom stereocenters. The second-order valence-corrected chi connectivity index (χ2v) is 18.9. The highest BCUT2D eigenvalue weighted by molar-refractivity contribution is 6.47. The van der Waals surface area contributed by atoms with Gasteiger partial charge in [-0.15, -0.1) is 0 Å². The van der Waals surface area contributed by atoms with E-state index in [1.807, 2.05) is 6.92 Å². The number of aliphatic hydroxyl groups excluding tert-OH is 1. The van der Waals surface area contributed by atoms with E-state index >= 15 is 0 Å². The van der Waals surface area contributed by atoms with Crippen LogP contribution in [0.3, 0.4) is 0 Å². The molecule has 0 spiro atoms. The molecular weight excluding hydrogens is 818 g/mol. The Morgan fingerprint density at radius 2 is 1.59 bits per heavy atom. The first kappa shape index (κ1) is 49.9. The van der Waals surface area contributed by atoms with E-state index in [2.05, 4.69) is 31.4 Å². The van der Waals surface area contributed by atoms with Gasteiger partial charge in [-0.3, -0.25) is 24.0 Å². The van der Waals surface area contributed by atoms with E-state index in [-0.39, 0.29) is 71.3 Å². The number of carbonyl (C=O) groups is 5. The van der Waals surface area contributed by atoms with Gasteiger partial charge in [-0.25, -0.2) is 0 Å². The molecule has 2 aromatic carbocycles. The fourth-order valence-electron chi connectivity index (χ4n) is 9.91. The Hall–Kier alpha value is -4.16. The van der Waals surface area contributed by atoms with Crippen molar-refractivity contribution in [3.63, 3.8) is 0 Å². The minimum Gasteiger partial charge on any atom is -0.405 e. The summed E-state index contributed by atoms with van der Waals surface area (Å²) in [7, 11) is -0.561. The molecule has 2 aromatic rings. The van der Waals surface area contributed by atoms with Crippen molar-refractivity contribution in [3.8, 4) is 11.1 Å². The van der Waals surface area contributed by atoms with Crippen LogP contribution in [-0.2, 0) is 34.7 Å². The van der Waals surface area contributed by atoms with Crippen molar-refractivity contribution in [2.24, 2.45) is 40.6 Å². The van der Waals surface area contributed by atoms with Gasteiger partial charge < -0.3 is 42.2 Å². The van der Waals surface area contributed by atoms with Crippen LogP contribution in [0.15, 0.2) is 42.5 Å². The topological polar surface area (TPSA) is 226 Å². The summed E-state index contributed by atoms with van der Waals surface area (Å²) in [6, 6.07) is 6.59. The standard InChI is InChI=1S/C46H65BF3N5O8/c1-25(42(60)54-35(13-9-10-17-51)37(58)20-26(2)47-62-40-24-30-23-39(44(30,4)5)45(40,6)63-47)19-38(59)41(27(3)56)55-43(61)29(16-18-52)22-36(57)32-15-14-28(21-34(32)53)31-11-7-8-12-33(31)46(48,49)50/h7-8,11-12,14-15,21,25-27,29-30,35,39-41,56H,9-10,13,16-20,22-24,51-53H2,1-6H3,(H,54,60)(H,55,61)/t25-,26-,27-,29-,30+,35+,39+,40?,41+,45+/m1/s1. The lowest BCUT2D eigenvalue weighted by molar-refractivity contribution is -0.199. The Morgan fingerprint density at radius 3 is 2.21 bits per heavy atom. The summed E-state index contributed by atoms with van der Waals surface area (Å²) >= 11 is 0. The molecule has 9 N–H and O–H groups in total. The van der Waals surface area contributed by atoms with E-state index in [1.54, 1.807) is 0 Å². The van der Waals surface area contributed by atoms with E-state index < -0.39 is 84.3 Å². The number of hydrogen-bond acceptors (Lipinski definition) is 11. The van der Waals surface area contributed by atoms with Crippen LogP contribution < -0.4 is 27.8 Å². The number of nitrogens with two attached hydrogens (primary N) is 3. The van der Waals surface area contributed by atoms with Crippen LogP contribution in [0.25, 0.3) is 11.1 Å². The third kappa shape index (κ3) is 11.2. The molecule has 1 heterocycles. The van der Waals surface area contributed by atoms with Crippen LogP contribution in [0.4, 0.5) is 18.9 Å². The van der Waals surface area contributed by atoms with Crippen LogP contribution in [0.2, 0.25) is 5.82 Å². The third-order valence-electron chi connectivity index (χ3n) is 13.9. The van der Waals surface area contributed by atoms with Crippen LogP contribution in [0.1, 0.15) is 115 Å². The van der Waals surface area contributed by atoms with Gasteiger partial charge in [0, 0.05) is 42.3 Å². The third-order valence-corrected chi connectivity index (χ3v) is 13.9. The molecule has 13 nitrogen and oxygen atoms in total. The molecule has 0 aromatic heterocycles. The van der Waals surface area contributed by atoms with Gasteiger partial charge in [0.25, 0.3) is 0 Å². The van der Waals surface area contributed by atoms with Crippen LogP contribution in [-0.4, -0.2) is 84.4 Å². The zero-order chi connectivity index (χ0) is 46.6. The molecule has 2 bridgehead atoms. The summed E-state index contributed by atoms with van der Waals surface area (Å²) in [6.07, 6.45) is -3.12. The summed E-state index contributed by atoms with van der Waals surface area (Å²) < 4.78 is 54.0. The van der Waals surface area contributed by atoms with Crippen molar-refractivity contribution >= 4 is 42.0 Å². The van der Waals surface area contributed by atoms with Crippen LogP contribution >= 0.6 is 0 Å². The lowest BCUT2D eigenvalue weighted by Crippen LogP contribution is -2.65. The normalized spacial score (nSPS) is 24.2. The minimum absolute atomic E-state index is 0.0111. The second kappa shape index (κ2) is 20.3. The Balaban J connectivity index is 1.18. The molecule has 2 amide bonds. The molecule has 6 rings (SSSR count). The quantitative estimate of drug-likeness (QED) is 0.0367. The molecule has 346 valence electrons. The van der Waals surface area contributed by atoms with Gasteiger partial charge in [-0.2, -0.15) is 13.2 Å². The Labute approximate surface area is 368 Å². The zero-order valence-corrected chi connectivity index (χ0v) is 37.3. The predicted octanol–water partition coefficient (Wildman–Crippen LogP) is 5.64. The summed E-state index contributed by atoms with van der Waals surface area (Å²) in [6.45, 7) is 11.8. The van der Waals surface area contributed by atoms with Gasteiger partial charge in [-0.05, 0) is 118 Å². The number of rotatable bonds is 22. The first-order valence-corrected chi connectivity index (χ1v) is 22.2.